The molecule has 3 nitrogen and oxygen atoms in total. The molecule has 0 aromatic heterocycles. The summed E-state index contributed by atoms with van der Waals surface area (Å²) in [6.45, 7) is 0. The summed E-state index contributed by atoms with van der Waals surface area (Å²) < 4.78 is 18.0. The number of carbonyl (C=O) groups is 1. The third-order valence-electron chi connectivity index (χ3n) is 3.97. The monoisotopic (exact) mass is 301 g/mol. The van der Waals surface area contributed by atoms with Crippen LogP contribution in [0.5, 0.6) is 0 Å². The number of esters is 1. The molecular formula is C15H21ClFNO2. The van der Waals surface area contributed by atoms with Crippen LogP contribution in [0.25, 0.3) is 0 Å². The summed E-state index contributed by atoms with van der Waals surface area (Å²) in [4.78, 5) is 11.6. The molecule has 2 N–H and O–H groups in total. The van der Waals surface area contributed by atoms with Crippen LogP contribution >= 0.6 is 12.4 Å². The van der Waals surface area contributed by atoms with E-state index in [0.29, 0.717) is 23.5 Å². The second-order valence-corrected chi connectivity index (χ2v) is 5.19. The number of halogens is 2. The van der Waals surface area contributed by atoms with Gasteiger partial charge in [0.25, 0.3) is 0 Å². The van der Waals surface area contributed by atoms with Crippen LogP contribution in [0.15, 0.2) is 18.2 Å². The summed E-state index contributed by atoms with van der Waals surface area (Å²) in [6, 6.07) is 4.45. The highest BCUT2D eigenvalue weighted by Gasteiger charge is 2.24. The number of benzene rings is 1. The molecule has 5 heteroatoms. The maximum absolute atomic E-state index is 13.3. The maximum atomic E-state index is 13.3. The Morgan fingerprint density at radius 2 is 2.20 bits per heavy atom. The molecule has 0 unspecified atom stereocenters. The predicted molar refractivity (Wildman–Crippen MR) is 78.6 cm³/mol. The lowest BCUT2D eigenvalue weighted by atomic mass is 9.93. The second-order valence-electron chi connectivity index (χ2n) is 5.19. The van der Waals surface area contributed by atoms with Crippen molar-refractivity contribution in [1.82, 2.24) is 0 Å². The topological polar surface area (TPSA) is 52.3 Å². The Balaban J connectivity index is 0.00000200. The lowest BCUT2D eigenvalue weighted by molar-refractivity contribution is 0.0599. The summed E-state index contributed by atoms with van der Waals surface area (Å²) in [6.07, 6.45) is 4.93. The van der Waals surface area contributed by atoms with Gasteiger partial charge in [-0.25, -0.2) is 9.18 Å². The van der Waals surface area contributed by atoms with Gasteiger partial charge in [0.15, 0.2) is 0 Å². The minimum absolute atomic E-state index is 0. The molecule has 2 atom stereocenters. The largest absolute Gasteiger partial charge is 0.465 e. The van der Waals surface area contributed by atoms with E-state index in [-0.39, 0.29) is 24.3 Å². The third kappa shape index (κ3) is 3.93. The van der Waals surface area contributed by atoms with Crippen molar-refractivity contribution in [2.24, 2.45) is 11.7 Å². The quantitative estimate of drug-likeness (QED) is 0.870. The number of ether oxygens (including phenoxy) is 1. The van der Waals surface area contributed by atoms with E-state index in [9.17, 15) is 9.18 Å². The average Bonchev–Trinajstić information content (AvgIpc) is 2.81. The number of nitrogens with two attached hydrogens (primary N) is 1. The molecule has 0 spiro atoms. The minimum atomic E-state index is -0.411. The summed E-state index contributed by atoms with van der Waals surface area (Å²) in [5.41, 5.74) is 7.20. The Bertz CT molecular complexity index is 467. The molecule has 0 bridgehead atoms. The molecule has 0 aliphatic heterocycles. The fourth-order valence-electron chi connectivity index (χ4n) is 2.84. The van der Waals surface area contributed by atoms with Crippen LogP contribution < -0.4 is 5.73 Å². The van der Waals surface area contributed by atoms with E-state index in [2.05, 4.69) is 0 Å². The summed E-state index contributed by atoms with van der Waals surface area (Å²) in [7, 11) is 1.34. The molecule has 0 radical (unpaired) electrons. The van der Waals surface area contributed by atoms with Crippen molar-refractivity contribution in [1.29, 1.82) is 0 Å². The van der Waals surface area contributed by atoms with Crippen molar-refractivity contribution in [3.05, 3.63) is 35.1 Å². The Labute approximate surface area is 125 Å². The van der Waals surface area contributed by atoms with Gasteiger partial charge in [0.2, 0.25) is 0 Å². The molecular weight excluding hydrogens is 281 g/mol. The molecule has 20 heavy (non-hydrogen) atoms. The molecule has 0 amide bonds. The average molecular weight is 302 g/mol. The molecule has 1 fully saturated rings. The van der Waals surface area contributed by atoms with Gasteiger partial charge in [-0.2, -0.15) is 0 Å². The van der Waals surface area contributed by atoms with Gasteiger partial charge in [0.05, 0.1) is 12.7 Å². The zero-order valence-corrected chi connectivity index (χ0v) is 12.4. The Kier molecular flexibility index (Phi) is 6.43. The molecule has 1 saturated carbocycles. The van der Waals surface area contributed by atoms with E-state index in [0.717, 1.165) is 19.3 Å². The highest BCUT2D eigenvalue weighted by Crippen LogP contribution is 2.28. The first kappa shape index (κ1) is 16.9. The first-order valence-electron chi connectivity index (χ1n) is 6.74. The van der Waals surface area contributed by atoms with E-state index in [1.165, 1.54) is 31.7 Å². The molecule has 2 rings (SSSR count). The first-order chi connectivity index (χ1) is 9.11. The van der Waals surface area contributed by atoms with Crippen LogP contribution in [0.2, 0.25) is 0 Å². The van der Waals surface area contributed by atoms with Gasteiger partial charge in [-0.15, -0.1) is 12.4 Å². The van der Waals surface area contributed by atoms with Crippen molar-refractivity contribution >= 4 is 18.4 Å². The summed E-state index contributed by atoms with van der Waals surface area (Å²) in [5.74, 6) is -0.252. The lowest BCUT2D eigenvalue weighted by Crippen LogP contribution is -2.24. The predicted octanol–water partition coefficient (Wildman–Crippen LogP) is 3.09. The van der Waals surface area contributed by atoms with E-state index in [1.54, 1.807) is 0 Å². The minimum Gasteiger partial charge on any atom is -0.465 e. The molecule has 0 saturated heterocycles. The van der Waals surface area contributed by atoms with E-state index >= 15 is 0 Å². The van der Waals surface area contributed by atoms with E-state index < -0.39 is 5.97 Å². The second kappa shape index (κ2) is 7.60. The van der Waals surface area contributed by atoms with Crippen LogP contribution in [0.1, 0.15) is 41.6 Å². The van der Waals surface area contributed by atoms with E-state index in [1.807, 2.05) is 0 Å². The van der Waals surface area contributed by atoms with Gasteiger partial charge in [0.1, 0.15) is 5.82 Å². The van der Waals surface area contributed by atoms with Crippen LogP contribution in [0.4, 0.5) is 4.39 Å². The van der Waals surface area contributed by atoms with Gasteiger partial charge in [-0.1, -0.05) is 6.42 Å². The van der Waals surface area contributed by atoms with Gasteiger partial charge in [-0.05, 0) is 55.4 Å². The van der Waals surface area contributed by atoms with Crippen molar-refractivity contribution in [2.75, 3.05) is 7.11 Å². The van der Waals surface area contributed by atoms with Crippen molar-refractivity contribution in [3.63, 3.8) is 0 Å². The smallest absolute Gasteiger partial charge is 0.338 e. The first-order valence-corrected chi connectivity index (χ1v) is 6.74. The van der Waals surface area contributed by atoms with Gasteiger partial charge >= 0.3 is 5.97 Å². The molecule has 0 heterocycles. The van der Waals surface area contributed by atoms with Crippen LogP contribution in [-0.4, -0.2) is 19.1 Å². The van der Waals surface area contributed by atoms with Crippen LogP contribution in [0.3, 0.4) is 0 Å². The zero-order chi connectivity index (χ0) is 13.8. The SMILES string of the molecule is COC(=O)c1ccc(F)cc1CC[C@@H]1CCC[C@@H]1N.Cl. The Hall–Kier alpha value is -1.13. The standard InChI is InChI=1S/C15H20FNO2.ClH/c1-19-15(18)13-8-7-12(16)9-11(13)6-5-10-3-2-4-14(10)17;/h7-10,14H,2-6,17H2,1H3;1H/t10-,14-;/m0./s1. The normalized spacial score (nSPS) is 21.4. The molecule has 112 valence electrons. The zero-order valence-electron chi connectivity index (χ0n) is 11.6. The molecule has 1 aromatic carbocycles. The highest BCUT2D eigenvalue weighted by molar-refractivity contribution is 5.91. The van der Waals surface area contributed by atoms with Crippen molar-refractivity contribution in [2.45, 2.75) is 38.1 Å². The summed E-state index contributed by atoms with van der Waals surface area (Å²) in [5, 5.41) is 0. The Morgan fingerprint density at radius 3 is 2.80 bits per heavy atom. The fourth-order valence-corrected chi connectivity index (χ4v) is 2.84. The number of hydrogen-bond donors (Lipinski definition) is 1. The van der Waals surface area contributed by atoms with Crippen molar-refractivity contribution < 1.29 is 13.9 Å². The van der Waals surface area contributed by atoms with Gasteiger partial charge in [-0.3, -0.25) is 0 Å². The van der Waals surface area contributed by atoms with Gasteiger partial charge in [0, 0.05) is 6.04 Å². The van der Waals surface area contributed by atoms with Crippen LogP contribution in [0, 0.1) is 11.7 Å². The molecule has 1 aromatic rings. The number of hydrogen-bond acceptors (Lipinski definition) is 3. The molecule has 1 aliphatic rings. The lowest BCUT2D eigenvalue weighted by Gasteiger charge is -2.16. The van der Waals surface area contributed by atoms with Crippen molar-refractivity contribution in [3.8, 4) is 0 Å². The molecule has 1 aliphatic carbocycles. The maximum Gasteiger partial charge on any atom is 0.338 e. The van der Waals surface area contributed by atoms with Crippen LogP contribution in [-0.2, 0) is 11.2 Å². The Morgan fingerprint density at radius 1 is 1.45 bits per heavy atom. The summed E-state index contributed by atoms with van der Waals surface area (Å²) >= 11 is 0. The van der Waals surface area contributed by atoms with E-state index in [4.69, 9.17) is 10.5 Å². The highest BCUT2D eigenvalue weighted by atomic mass is 35.5. The number of aryl methyl sites for hydroxylation is 1. The number of carbonyl (C=O) groups excluding carboxylic acids is 1. The van der Waals surface area contributed by atoms with Gasteiger partial charge < -0.3 is 10.5 Å². The number of methoxy groups -OCH3 is 1. The fraction of sp³-hybridized carbons (Fsp3) is 0.533. The third-order valence-corrected chi connectivity index (χ3v) is 3.97. The number of rotatable bonds is 4.